The molecule has 1 aromatic carbocycles. The molecule has 0 bridgehead atoms. The topological polar surface area (TPSA) is 24.1 Å². The van der Waals surface area contributed by atoms with Gasteiger partial charge in [0.15, 0.2) is 0 Å². The number of aryl methyl sites for hydroxylation is 1. The highest BCUT2D eigenvalue weighted by Gasteiger charge is 2.41. The zero-order valence-electron chi connectivity index (χ0n) is 10.3. The molecule has 0 radical (unpaired) electrons. The third kappa shape index (κ3) is 2.56. The van der Waals surface area contributed by atoms with Crippen molar-refractivity contribution < 1.29 is 0 Å². The van der Waals surface area contributed by atoms with Crippen LogP contribution in [0.3, 0.4) is 0 Å². The van der Waals surface area contributed by atoms with E-state index in [2.05, 4.69) is 41.8 Å². The van der Waals surface area contributed by atoms with Crippen LogP contribution < -0.4 is 10.6 Å². The molecule has 0 saturated heterocycles. The van der Waals surface area contributed by atoms with Gasteiger partial charge in [-0.25, -0.2) is 0 Å². The van der Waals surface area contributed by atoms with Gasteiger partial charge in [0.2, 0.25) is 0 Å². The Hall–Kier alpha value is -1.02. The van der Waals surface area contributed by atoms with Crippen molar-refractivity contribution in [3.8, 4) is 0 Å². The number of nitrogens with one attached hydrogen (secondary N) is 2. The summed E-state index contributed by atoms with van der Waals surface area (Å²) in [6.07, 6.45) is 3.81. The molecule has 2 N–H and O–H groups in total. The van der Waals surface area contributed by atoms with E-state index in [-0.39, 0.29) is 0 Å². The van der Waals surface area contributed by atoms with Crippen molar-refractivity contribution in [3.63, 3.8) is 0 Å². The first kappa shape index (κ1) is 11.5. The molecule has 0 atom stereocenters. The average molecular weight is 218 g/mol. The van der Waals surface area contributed by atoms with Gasteiger partial charge in [0.05, 0.1) is 0 Å². The van der Waals surface area contributed by atoms with Crippen molar-refractivity contribution in [2.75, 3.05) is 25.5 Å². The Morgan fingerprint density at radius 2 is 1.94 bits per heavy atom. The fraction of sp³-hybridized carbons (Fsp3) is 0.571. The van der Waals surface area contributed by atoms with Gasteiger partial charge in [-0.3, -0.25) is 0 Å². The predicted molar refractivity (Wildman–Crippen MR) is 69.9 cm³/mol. The van der Waals surface area contributed by atoms with Gasteiger partial charge < -0.3 is 10.6 Å². The minimum Gasteiger partial charge on any atom is -0.384 e. The highest BCUT2D eigenvalue weighted by Crippen LogP contribution is 2.45. The lowest BCUT2D eigenvalue weighted by atomic mass is 10.1. The van der Waals surface area contributed by atoms with Gasteiger partial charge in [-0.05, 0) is 37.9 Å². The van der Waals surface area contributed by atoms with Gasteiger partial charge in [0.25, 0.3) is 0 Å². The smallest absolute Gasteiger partial charge is 0.0372 e. The van der Waals surface area contributed by atoms with Crippen LogP contribution in [0.5, 0.6) is 0 Å². The molecule has 0 aromatic heterocycles. The lowest BCUT2D eigenvalue weighted by Crippen LogP contribution is -2.27. The Morgan fingerprint density at radius 3 is 2.56 bits per heavy atom. The summed E-state index contributed by atoms with van der Waals surface area (Å²) in [5, 5.41) is 6.91. The number of hydrogen-bond donors (Lipinski definition) is 2. The first-order chi connectivity index (χ1) is 7.79. The van der Waals surface area contributed by atoms with Crippen LogP contribution in [0, 0.1) is 5.41 Å². The van der Waals surface area contributed by atoms with Gasteiger partial charge in [-0.2, -0.15) is 0 Å². The molecule has 0 aliphatic heterocycles. The van der Waals surface area contributed by atoms with E-state index in [1.54, 1.807) is 0 Å². The minimum absolute atomic E-state index is 0.523. The summed E-state index contributed by atoms with van der Waals surface area (Å²) in [4.78, 5) is 0. The lowest BCUT2D eigenvalue weighted by molar-refractivity contribution is 0.507. The summed E-state index contributed by atoms with van der Waals surface area (Å²) in [5.41, 5.74) is 3.26. The fourth-order valence-corrected chi connectivity index (χ4v) is 2.25. The van der Waals surface area contributed by atoms with Crippen molar-refractivity contribution in [2.45, 2.75) is 26.2 Å². The zero-order valence-corrected chi connectivity index (χ0v) is 10.3. The van der Waals surface area contributed by atoms with Crippen LogP contribution in [0.1, 0.15) is 25.3 Å². The van der Waals surface area contributed by atoms with Crippen LogP contribution in [0.2, 0.25) is 0 Å². The van der Waals surface area contributed by atoms with Crippen molar-refractivity contribution in [1.82, 2.24) is 5.32 Å². The van der Waals surface area contributed by atoms with E-state index in [4.69, 9.17) is 0 Å². The Labute approximate surface area is 98.4 Å². The highest BCUT2D eigenvalue weighted by molar-refractivity contribution is 5.51. The van der Waals surface area contributed by atoms with E-state index in [9.17, 15) is 0 Å². The fourth-order valence-electron chi connectivity index (χ4n) is 2.25. The molecule has 0 amide bonds. The molecule has 0 heterocycles. The van der Waals surface area contributed by atoms with Crippen LogP contribution in [-0.2, 0) is 6.42 Å². The molecule has 2 nitrogen and oxygen atoms in total. The second-order valence-electron chi connectivity index (χ2n) is 4.89. The van der Waals surface area contributed by atoms with Crippen LogP contribution in [0.4, 0.5) is 5.69 Å². The molecule has 1 saturated carbocycles. The lowest BCUT2D eigenvalue weighted by Gasteiger charge is -2.18. The normalized spacial score (nSPS) is 17.1. The third-order valence-corrected chi connectivity index (χ3v) is 3.56. The summed E-state index contributed by atoms with van der Waals surface area (Å²) in [7, 11) is 2.04. The van der Waals surface area contributed by atoms with Crippen molar-refractivity contribution in [2.24, 2.45) is 5.41 Å². The number of benzene rings is 1. The Kier molecular flexibility index (Phi) is 3.49. The summed E-state index contributed by atoms with van der Waals surface area (Å²) in [5.74, 6) is 0. The van der Waals surface area contributed by atoms with E-state index >= 15 is 0 Å². The second-order valence-corrected chi connectivity index (χ2v) is 4.89. The van der Waals surface area contributed by atoms with E-state index < -0.39 is 0 Å². The van der Waals surface area contributed by atoms with Crippen LogP contribution in [0.25, 0.3) is 0 Å². The van der Waals surface area contributed by atoms with Gasteiger partial charge >= 0.3 is 0 Å². The first-order valence-corrected chi connectivity index (χ1v) is 6.26. The molecule has 2 heteroatoms. The molecular formula is C14H22N2. The SMILES string of the molecule is CCc1ccccc1NCC1(CNC)CC1. The standard InChI is InChI=1S/C14H22N2/c1-3-12-6-4-5-7-13(12)16-11-14(8-9-14)10-15-2/h4-7,15-16H,3,8-11H2,1-2H3. The number of rotatable bonds is 6. The Bertz CT molecular complexity index is 342. The van der Waals surface area contributed by atoms with Gasteiger partial charge in [-0.1, -0.05) is 25.1 Å². The van der Waals surface area contributed by atoms with E-state index in [0.717, 1.165) is 19.5 Å². The highest BCUT2D eigenvalue weighted by atomic mass is 14.9. The quantitative estimate of drug-likeness (QED) is 0.767. The van der Waals surface area contributed by atoms with E-state index in [1.807, 2.05) is 7.05 Å². The van der Waals surface area contributed by atoms with E-state index in [0.29, 0.717) is 5.41 Å². The zero-order chi connectivity index (χ0) is 11.4. The first-order valence-electron chi connectivity index (χ1n) is 6.26. The Balaban J connectivity index is 1.94. The number of anilines is 1. The maximum absolute atomic E-state index is 3.61. The number of hydrogen-bond acceptors (Lipinski definition) is 2. The monoisotopic (exact) mass is 218 g/mol. The molecule has 2 rings (SSSR count). The van der Waals surface area contributed by atoms with Crippen molar-refractivity contribution >= 4 is 5.69 Å². The maximum atomic E-state index is 3.61. The van der Waals surface area contributed by atoms with Crippen LogP contribution >= 0.6 is 0 Å². The predicted octanol–water partition coefficient (Wildman–Crippen LogP) is 2.66. The average Bonchev–Trinajstić information content (AvgIpc) is 3.08. The molecule has 1 aromatic rings. The molecule has 1 aliphatic rings. The van der Waals surface area contributed by atoms with Crippen molar-refractivity contribution in [1.29, 1.82) is 0 Å². The third-order valence-electron chi connectivity index (χ3n) is 3.56. The number of para-hydroxylation sites is 1. The summed E-state index contributed by atoms with van der Waals surface area (Å²) >= 11 is 0. The van der Waals surface area contributed by atoms with Crippen LogP contribution in [-0.4, -0.2) is 20.1 Å². The molecule has 0 unspecified atom stereocenters. The molecule has 0 spiro atoms. The molecule has 88 valence electrons. The van der Waals surface area contributed by atoms with Crippen LogP contribution in [0.15, 0.2) is 24.3 Å². The van der Waals surface area contributed by atoms with Gasteiger partial charge in [-0.15, -0.1) is 0 Å². The summed E-state index contributed by atoms with van der Waals surface area (Å²) < 4.78 is 0. The van der Waals surface area contributed by atoms with Crippen molar-refractivity contribution in [3.05, 3.63) is 29.8 Å². The molecule has 16 heavy (non-hydrogen) atoms. The van der Waals surface area contributed by atoms with Gasteiger partial charge in [0.1, 0.15) is 0 Å². The second kappa shape index (κ2) is 4.88. The molecular weight excluding hydrogens is 196 g/mol. The summed E-state index contributed by atoms with van der Waals surface area (Å²) in [6, 6.07) is 8.62. The summed E-state index contributed by atoms with van der Waals surface area (Å²) in [6.45, 7) is 4.44. The maximum Gasteiger partial charge on any atom is 0.0372 e. The largest absolute Gasteiger partial charge is 0.384 e. The van der Waals surface area contributed by atoms with E-state index in [1.165, 1.54) is 24.1 Å². The molecule has 1 aliphatic carbocycles. The molecule has 1 fully saturated rings. The van der Waals surface area contributed by atoms with Gasteiger partial charge in [0, 0.05) is 24.2 Å². The minimum atomic E-state index is 0.523. The Morgan fingerprint density at radius 1 is 1.19 bits per heavy atom.